The van der Waals surface area contributed by atoms with Gasteiger partial charge in [-0.2, -0.15) is 0 Å². The number of hydrogen-bond donors (Lipinski definition) is 1. The maximum Gasteiger partial charge on any atom is 0.313 e. The Labute approximate surface area is 115 Å². The van der Waals surface area contributed by atoms with Crippen LogP contribution < -0.4 is 0 Å². The lowest BCUT2D eigenvalue weighted by Gasteiger charge is -2.24. The number of thioether (sulfide) groups is 1. The first-order chi connectivity index (χ1) is 8.50. The molecule has 1 aromatic heterocycles. The fraction of sp³-hybridized carbons (Fsp3) is 0.500. The van der Waals surface area contributed by atoms with Crippen LogP contribution in [-0.4, -0.2) is 46.5 Å². The van der Waals surface area contributed by atoms with Crippen molar-refractivity contribution in [2.45, 2.75) is 19.4 Å². The van der Waals surface area contributed by atoms with Gasteiger partial charge in [0.2, 0.25) is 5.91 Å². The van der Waals surface area contributed by atoms with Crippen molar-refractivity contribution in [1.29, 1.82) is 0 Å². The van der Waals surface area contributed by atoms with Crippen molar-refractivity contribution in [2.24, 2.45) is 0 Å². The Bertz CT molecular complexity index is 392. The van der Waals surface area contributed by atoms with Crippen molar-refractivity contribution >= 4 is 35.0 Å². The van der Waals surface area contributed by atoms with E-state index >= 15 is 0 Å². The van der Waals surface area contributed by atoms with Crippen LogP contribution in [0.1, 0.15) is 11.8 Å². The van der Waals surface area contributed by atoms with E-state index in [0.29, 0.717) is 0 Å². The lowest BCUT2D eigenvalue weighted by atomic mass is 10.2. The molecule has 4 nitrogen and oxygen atoms in total. The van der Waals surface area contributed by atoms with Crippen molar-refractivity contribution in [3.8, 4) is 0 Å². The molecule has 1 N–H and O–H groups in total. The van der Waals surface area contributed by atoms with Crippen LogP contribution in [0.15, 0.2) is 17.5 Å². The average molecular weight is 287 g/mol. The fourth-order valence-corrected chi connectivity index (χ4v) is 2.91. The van der Waals surface area contributed by atoms with Gasteiger partial charge in [0.1, 0.15) is 0 Å². The Morgan fingerprint density at radius 1 is 1.50 bits per heavy atom. The number of carboxylic acid groups (broad SMARTS) is 1. The van der Waals surface area contributed by atoms with E-state index in [1.807, 2.05) is 18.4 Å². The predicted molar refractivity (Wildman–Crippen MR) is 75.2 cm³/mol. The van der Waals surface area contributed by atoms with Gasteiger partial charge in [0.05, 0.1) is 11.5 Å². The molecule has 0 aromatic carbocycles. The minimum atomic E-state index is -0.887. The SMILES string of the molecule is CC(Cc1cccs1)N(C)C(=O)CSCC(=O)O. The van der Waals surface area contributed by atoms with Crippen LogP contribution >= 0.6 is 23.1 Å². The molecular weight excluding hydrogens is 270 g/mol. The lowest BCUT2D eigenvalue weighted by Crippen LogP contribution is -2.37. The summed E-state index contributed by atoms with van der Waals surface area (Å²) in [6, 6.07) is 4.18. The van der Waals surface area contributed by atoms with Crippen LogP contribution in [0.5, 0.6) is 0 Å². The van der Waals surface area contributed by atoms with Gasteiger partial charge in [-0.15, -0.1) is 23.1 Å². The summed E-state index contributed by atoms with van der Waals surface area (Å²) in [5.74, 6) is -0.719. The van der Waals surface area contributed by atoms with E-state index in [-0.39, 0.29) is 23.5 Å². The molecule has 1 rings (SSSR count). The Kier molecular flexibility index (Phi) is 6.21. The number of likely N-dealkylation sites (N-methyl/N-ethyl adjacent to an activating group) is 1. The van der Waals surface area contributed by atoms with Crippen molar-refractivity contribution in [3.05, 3.63) is 22.4 Å². The molecule has 18 heavy (non-hydrogen) atoms. The molecule has 0 aliphatic heterocycles. The number of carbonyl (C=O) groups is 2. The summed E-state index contributed by atoms with van der Waals surface area (Å²) in [5.41, 5.74) is 0. The van der Waals surface area contributed by atoms with E-state index in [2.05, 4.69) is 6.07 Å². The Balaban J connectivity index is 2.35. The summed E-state index contributed by atoms with van der Waals surface area (Å²) in [7, 11) is 1.77. The molecule has 6 heteroatoms. The summed E-state index contributed by atoms with van der Waals surface area (Å²) >= 11 is 2.82. The molecule has 1 atom stereocenters. The van der Waals surface area contributed by atoms with Crippen molar-refractivity contribution < 1.29 is 14.7 Å². The number of nitrogens with zero attached hydrogens (tertiary/aromatic N) is 1. The summed E-state index contributed by atoms with van der Waals surface area (Å²) in [6.07, 6.45) is 0.837. The molecule has 0 aliphatic carbocycles. The number of carbonyl (C=O) groups excluding carboxylic acids is 1. The second kappa shape index (κ2) is 7.43. The number of carboxylic acids is 1. The molecule has 0 fully saturated rings. The van der Waals surface area contributed by atoms with E-state index in [0.717, 1.165) is 18.2 Å². The quantitative estimate of drug-likeness (QED) is 0.833. The Morgan fingerprint density at radius 3 is 2.78 bits per heavy atom. The van der Waals surface area contributed by atoms with Crippen molar-refractivity contribution in [2.75, 3.05) is 18.6 Å². The highest BCUT2D eigenvalue weighted by molar-refractivity contribution is 8.00. The highest BCUT2D eigenvalue weighted by atomic mass is 32.2. The molecule has 1 unspecified atom stereocenters. The topological polar surface area (TPSA) is 57.6 Å². The van der Waals surface area contributed by atoms with E-state index in [4.69, 9.17) is 5.11 Å². The number of hydrogen-bond acceptors (Lipinski definition) is 4. The van der Waals surface area contributed by atoms with E-state index in [1.165, 1.54) is 4.88 Å². The van der Waals surface area contributed by atoms with E-state index in [9.17, 15) is 9.59 Å². The van der Waals surface area contributed by atoms with Gasteiger partial charge in [-0.3, -0.25) is 9.59 Å². The van der Waals surface area contributed by atoms with Gasteiger partial charge in [0.15, 0.2) is 0 Å². The molecule has 1 heterocycles. The molecule has 100 valence electrons. The van der Waals surface area contributed by atoms with Gasteiger partial charge in [-0.05, 0) is 18.4 Å². The standard InChI is InChI=1S/C12H17NO3S2/c1-9(6-10-4-3-5-18-10)13(2)11(14)7-17-8-12(15)16/h3-5,9H,6-8H2,1-2H3,(H,15,16). The molecule has 1 amide bonds. The largest absolute Gasteiger partial charge is 0.481 e. The van der Waals surface area contributed by atoms with Gasteiger partial charge in [-0.25, -0.2) is 0 Å². The second-order valence-corrected chi connectivity index (χ2v) is 6.04. The van der Waals surface area contributed by atoms with Crippen LogP contribution in [0.4, 0.5) is 0 Å². The van der Waals surface area contributed by atoms with E-state index < -0.39 is 5.97 Å². The average Bonchev–Trinajstić information content (AvgIpc) is 2.80. The monoisotopic (exact) mass is 287 g/mol. The highest BCUT2D eigenvalue weighted by Crippen LogP contribution is 2.14. The molecule has 0 radical (unpaired) electrons. The lowest BCUT2D eigenvalue weighted by molar-refractivity contribution is -0.133. The van der Waals surface area contributed by atoms with Crippen LogP contribution in [0.2, 0.25) is 0 Å². The molecule has 1 aromatic rings. The van der Waals surface area contributed by atoms with Gasteiger partial charge in [-0.1, -0.05) is 6.07 Å². The third kappa shape index (κ3) is 5.10. The van der Waals surface area contributed by atoms with Crippen molar-refractivity contribution in [1.82, 2.24) is 4.90 Å². The molecule has 0 spiro atoms. The van der Waals surface area contributed by atoms with Crippen molar-refractivity contribution in [3.63, 3.8) is 0 Å². The Hall–Kier alpha value is -1.01. The number of rotatable bonds is 7. The molecule has 0 aliphatic rings. The summed E-state index contributed by atoms with van der Waals surface area (Å²) < 4.78 is 0. The number of aliphatic carboxylic acids is 1. The molecular formula is C12H17NO3S2. The van der Waals surface area contributed by atoms with Gasteiger partial charge < -0.3 is 10.0 Å². The van der Waals surface area contributed by atoms with Crippen LogP contribution in [0, 0.1) is 0 Å². The smallest absolute Gasteiger partial charge is 0.313 e. The number of thiophene rings is 1. The van der Waals surface area contributed by atoms with Gasteiger partial charge >= 0.3 is 5.97 Å². The van der Waals surface area contributed by atoms with Crippen LogP contribution in [0.25, 0.3) is 0 Å². The normalized spacial score (nSPS) is 12.1. The zero-order valence-electron chi connectivity index (χ0n) is 10.5. The first-order valence-corrected chi connectivity index (χ1v) is 7.61. The number of amides is 1. The molecule has 0 bridgehead atoms. The zero-order chi connectivity index (χ0) is 13.5. The fourth-order valence-electron chi connectivity index (χ4n) is 1.43. The second-order valence-electron chi connectivity index (χ2n) is 4.02. The first kappa shape index (κ1) is 15.0. The minimum absolute atomic E-state index is 0.0229. The van der Waals surface area contributed by atoms with Crippen LogP contribution in [-0.2, 0) is 16.0 Å². The predicted octanol–water partition coefficient (Wildman–Crippen LogP) is 1.96. The molecule has 0 saturated heterocycles. The first-order valence-electron chi connectivity index (χ1n) is 5.58. The highest BCUT2D eigenvalue weighted by Gasteiger charge is 2.16. The zero-order valence-corrected chi connectivity index (χ0v) is 12.1. The maximum atomic E-state index is 11.8. The Morgan fingerprint density at radius 2 is 2.22 bits per heavy atom. The van der Waals surface area contributed by atoms with Crippen LogP contribution in [0.3, 0.4) is 0 Å². The van der Waals surface area contributed by atoms with Gasteiger partial charge in [0, 0.05) is 24.4 Å². The summed E-state index contributed by atoms with van der Waals surface area (Å²) in [6.45, 7) is 2.00. The minimum Gasteiger partial charge on any atom is -0.481 e. The summed E-state index contributed by atoms with van der Waals surface area (Å²) in [4.78, 5) is 25.1. The maximum absolute atomic E-state index is 11.8. The third-order valence-corrected chi connectivity index (χ3v) is 4.38. The summed E-state index contributed by atoms with van der Waals surface area (Å²) in [5, 5.41) is 10.5. The van der Waals surface area contributed by atoms with E-state index in [1.54, 1.807) is 23.3 Å². The van der Waals surface area contributed by atoms with Gasteiger partial charge in [0.25, 0.3) is 0 Å². The third-order valence-electron chi connectivity index (χ3n) is 2.58. The molecule has 0 saturated carbocycles.